The number of halogens is 2. The number of piperazine rings is 1. The summed E-state index contributed by atoms with van der Waals surface area (Å²) in [5.74, 6) is 0.915. The van der Waals surface area contributed by atoms with E-state index in [-0.39, 0.29) is 23.6 Å². The highest BCUT2D eigenvalue weighted by Gasteiger charge is 2.47. The number of aromatic nitrogens is 2. The van der Waals surface area contributed by atoms with Gasteiger partial charge in [-0.2, -0.15) is 4.98 Å². The Balaban J connectivity index is 1.13. The van der Waals surface area contributed by atoms with Gasteiger partial charge in [-0.15, -0.1) is 0 Å². The molecule has 31 heavy (non-hydrogen) atoms. The molecule has 2 heterocycles. The number of carbonyl (C=O) groups is 1. The highest BCUT2D eigenvalue weighted by Crippen LogP contribution is 2.49. The monoisotopic (exact) mass is 440 g/mol. The molecule has 160 valence electrons. The first-order valence-electron chi connectivity index (χ1n) is 10.4. The molecule has 1 saturated heterocycles. The zero-order valence-electron chi connectivity index (χ0n) is 16.9. The summed E-state index contributed by atoms with van der Waals surface area (Å²) in [4.78, 5) is 21.4. The summed E-state index contributed by atoms with van der Waals surface area (Å²) in [6, 6.07) is 14.0. The topological polar surface area (TPSA) is 62.5 Å². The number of benzene rings is 2. The van der Waals surface area contributed by atoms with Crippen molar-refractivity contribution in [3.05, 3.63) is 70.8 Å². The van der Waals surface area contributed by atoms with E-state index < -0.39 is 0 Å². The second-order valence-electron chi connectivity index (χ2n) is 8.09. The Morgan fingerprint density at radius 1 is 1.10 bits per heavy atom. The molecular formula is C23H22ClFN4O2. The summed E-state index contributed by atoms with van der Waals surface area (Å²) >= 11 is 5.92. The first kappa shape index (κ1) is 20.2. The number of amides is 1. The Hall–Kier alpha value is -2.77. The molecule has 1 aliphatic heterocycles. The zero-order valence-corrected chi connectivity index (χ0v) is 17.6. The molecule has 8 heteroatoms. The van der Waals surface area contributed by atoms with Crippen LogP contribution in [-0.2, 0) is 11.3 Å². The van der Waals surface area contributed by atoms with E-state index in [1.54, 1.807) is 24.3 Å². The number of rotatable bonds is 5. The summed E-state index contributed by atoms with van der Waals surface area (Å²) < 4.78 is 19.4. The van der Waals surface area contributed by atoms with E-state index in [1.807, 2.05) is 23.1 Å². The van der Waals surface area contributed by atoms with Gasteiger partial charge in [-0.3, -0.25) is 9.69 Å². The summed E-state index contributed by atoms with van der Waals surface area (Å²) in [5.41, 5.74) is 1.51. The molecule has 2 aliphatic rings. The quantitative estimate of drug-likeness (QED) is 0.600. The van der Waals surface area contributed by atoms with Gasteiger partial charge in [0, 0.05) is 42.7 Å². The average Bonchev–Trinajstić information content (AvgIpc) is 3.45. The molecule has 1 amide bonds. The van der Waals surface area contributed by atoms with E-state index in [2.05, 4.69) is 15.0 Å². The molecule has 2 unspecified atom stereocenters. The second kappa shape index (κ2) is 8.40. The molecule has 0 N–H and O–H groups in total. The van der Waals surface area contributed by atoms with Crippen LogP contribution in [0.1, 0.15) is 23.8 Å². The van der Waals surface area contributed by atoms with Crippen molar-refractivity contribution < 1.29 is 13.7 Å². The Labute approximate surface area is 184 Å². The molecular weight excluding hydrogens is 419 g/mol. The minimum absolute atomic E-state index is 0.0106. The Morgan fingerprint density at radius 2 is 1.84 bits per heavy atom. The van der Waals surface area contributed by atoms with Crippen molar-refractivity contribution in [2.24, 2.45) is 5.92 Å². The number of hydrogen-bond acceptors (Lipinski definition) is 5. The van der Waals surface area contributed by atoms with Gasteiger partial charge in [-0.1, -0.05) is 35.0 Å². The van der Waals surface area contributed by atoms with Gasteiger partial charge in [0.25, 0.3) is 0 Å². The lowest BCUT2D eigenvalue weighted by molar-refractivity contribution is -0.134. The van der Waals surface area contributed by atoms with E-state index in [0.717, 1.165) is 25.1 Å². The average molecular weight is 441 g/mol. The maximum atomic E-state index is 14.0. The molecule has 2 aromatic carbocycles. The van der Waals surface area contributed by atoms with Gasteiger partial charge >= 0.3 is 0 Å². The molecule has 6 nitrogen and oxygen atoms in total. The number of carbonyl (C=O) groups excluding carboxylic acids is 1. The first-order chi connectivity index (χ1) is 15.1. The van der Waals surface area contributed by atoms with Gasteiger partial charge in [-0.25, -0.2) is 4.39 Å². The SMILES string of the molecule is O=C(C1CC1c1ccccc1F)N1CCN(Cc2nc(-c3ccc(Cl)cc3)no2)CC1. The highest BCUT2D eigenvalue weighted by molar-refractivity contribution is 6.30. The smallest absolute Gasteiger partial charge is 0.241 e. The molecule has 5 rings (SSSR count). The third-order valence-corrected chi connectivity index (χ3v) is 6.28. The Bertz CT molecular complexity index is 1080. The molecule has 2 atom stereocenters. The largest absolute Gasteiger partial charge is 0.340 e. The molecule has 0 radical (unpaired) electrons. The van der Waals surface area contributed by atoms with E-state index in [4.69, 9.17) is 16.1 Å². The van der Waals surface area contributed by atoms with Crippen LogP contribution in [0.15, 0.2) is 53.1 Å². The lowest BCUT2D eigenvalue weighted by atomic mass is 10.1. The van der Waals surface area contributed by atoms with Crippen molar-refractivity contribution in [2.75, 3.05) is 26.2 Å². The summed E-state index contributed by atoms with van der Waals surface area (Å²) in [5, 5.41) is 4.71. The van der Waals surface area contributed by atoms with Crippen LogP contribution in [0.2, 0.25) is 5.02 Å². The van der Waals surface area contributed by atoms with E-state index >= 15 is 0 Å². The molecule has 3 aromatic rings. The molecule has 1 saturated carbocycles. The van der Waals surface area contributed by atoms with Crippen LogP contribution >= 0.6 is 11.6 Å². The third-order valence-electron chi connectivity index (χ3n) is 6.03. The summed E-state index contributed by atoms with van der Waals surface area (Å²) in [7, 11) is 0. The number of nitrogens with zero attached hydrogens (tertiary/aromatic N) is 4. The lowest BCUT2D eigenvalue weighted by Gasteiger charge is -2.34. The fourth-order valence-corrected chi connectivity index (χ4v) is 4.30. The zero-order chi connectivity index (χ0) is 21.4. The maximum Gasteiger partial charge on any atom is 0.241 e. The summed E-state index contributed by atoms with van der Waals surface area (Å²) in [6.45, 7) is 3.32. The van der Waals surface area contributed by atoms with Gasteiger partial charge in [-0.05, 0) is 48.2 Å². The highest BCUT2D eigenvalue weighted by atomic mass is 35.5. The van der Waals surface area contributed by atoms with Gasteiger partial charge in [0.15, 0.2) is 0 Å². The van der Waals surface area contributed by atoms with Crippen molar-refractivity contribution in [3.63, 3.8) is 0 Å². The van der Waals surface area contributed by atoms with Gasteiger partial charge < -0.3 is 9.42 Å². The standard InChI is InChI=1S/C23H22ClFN4O2/c24-16-7-5-15(6-8-16)22-26-21(31-27-22)14-28-9-11-29(12-10-28)23(30)19-13-18(19)17-3-1-2-4-20(17)25/h1-8,18-19H,9-14H2. The Kier molecular flexibility index (Phi) is 5.46. The van der Waals surface area contributed by atoms with Crippen LogP contribution in [0, 0.1) is 11.7 Å². The molecule has 2 fully saturated rings. The van der Waals surface area contributed by atoms with Crippen molar-refractivity contribution >= 4 is 17.5 Å². The maximum absolute atomic E-state index is 14.0. The van der Waals surface area contributed by atoms with Crippen LogP contribution in [-0.4, -0.2) is 52.0 Å². The second-order valence-corrected chi connectivity index (χ2v) is 8.53. The van der Waals surface area contributed by atoms with Crippen LogP contribution in [0.25, 0.3) is 11.4 Å². The fourth-order valence-electron chi connectivity index (χ4n) is 4.17. The third kappa shape index (κ3) is 4.34. The van der Waals surface area contributed by atoms with E-state index in [9.17, 15) is 9.18 Å². The van der Waals surface area contributed by atoms with Crippen molar-refractivity contribution in [1.29, 1.82) is 0 Å². The van der Waals surface area contributed by atoms with Gasteiger partial charge in [0.1, 0.15) is 5.82 Å². The molecule has 0 bridgehead atoms. The van der Waals surface area contributed by atoms with Crippen LogP contribution in [0.5, 0.6) is 0 Å². The van der Waals surface area contributed by atoms with E-state index in [0.29, 0.717) is 41.9 Å². The predicted octanol–water partition coefficient (Wildman–Crippen LogP) is 3.98. The summed E-state index contributed by atoms with van der Waals surface area (Å²) in [6.07, 6.45) is 0.732. The molecule has 1 aliphatic carbocycles. The van der Waals surface area contributed by atoms with Gasteiger partial charge in [0.2, 0.25) is 17.6 Å². The van der Waals surface area contributed by atoms with Gasteiger partial charge in [0.05, 0.1) is 6.54 Å². The van der Waals surface area contributed by atoms with Crippen LogP contribution < -0.4 is 0 Å². The normalized spacial score (nSPS) is 21.3. The number of hydrogen-bond donors (Lipinski definition) is 0. The lowest BCUT2D eigenvalue weighted by Crippen LogP contribution is -2.48. The Morgan fingerprint density at radius 3 is 2.58 bits per heavy atom. The first-order valence-corrected chi connectivity index (χ1v) is 10.8. The van der Waals surface area contributed by atoms with Crippen molar-refractivity contribution in [3.8, 4) is 11.4 Å². The minimum atomic E-state index is -0.217. The minimum Gasteiger partial charge on any atom is -0.340 e. The van der Waals surface area contributed by atoms with Crippen LogP contribution in [0.3, 0.4) is 0 Å². The van der Waals surface area contributed by atoms with Crippen LogP contribution in [0.4, 0.5) is 4.39 Å². The molecule has 1 aromatic heterocycles. The molecule has 0 spiro atoms. The predicted molar refractivity (Wildman–Crippen MR) is 114 cm³/mol. The van der Waals surface area contributed by atoms with Crippen molar-refractivity contribution in [1.82, 2.24) is 19.9 Å². The fraction of sp³-hybridized carbons (Fsp3) is 0.348. The van der Waals surface area contributed by atoms with Crippen molar-refractivity contribution in [2.45, 2.75) is 18.9 Å². The van der Waals surface area contributed by atoms with E-state index in [1.165, 1.54) is 6.07 Å².